The van der Waals surface area contributed by atoms with Crippen LogP contribution in [0.15, 0.2) is 66.3 Å². The zero-order chi connectivity index (χ0) is 22.2. The van der Waals surface area contributed by atoms with Crippen molar-refractivity contribution >= 4 is 17.2 Å². The summed E-state index contributed by atoms with van der Waals surface area (Å²) < 4.78 is 5.96. The lowest BCUT2D eigenvalue weighted by atomic mass is 10.2. The Kier molecular flexibility index (Phi) is 7.87. The molecule has 1 aliphatic rings. The summed E-state index contributed by atoms with van der Waals surface area (Å²) in [7, 11) is 0. The van der Waals surface area contributed by atoms with Gasteiger partial charge in [-0.15, -0.1) is 11.3 Å². The van der Waals surface area contributed by atoms with Gasteiger partial charge in [0, 0.05) is 51.7 Å². The van der Waals surface area contributed by atoms with Crippen LogP contribution >= 0.6 is 11.3 Å². The summed E-state index contributed by atoms with van der Waals surface area (Å²) in [5.74, 6) is 0.777. The summed E-state index contributed by atoms with van der Waals surface area (Å²) in [5, 5.41) is 4.82. The SMILES string of the molecule is C[C@@H](CNC(=O)c1cccs1)Oc1ccc(CN2CCN(Cc3cccnc3)CC2)cc1. The Morgan fingerprint density at radius 1 is 1.03 bits per heavy atom. The van der Waals surface area contributed by atoms with Gasteiger partial charge in [0.05, 0.1) is 11.4 Å². The number of ether oxygens (including phenoxy) is 1. The largest absolute Gasteiger partial charge is 0.489 e. The van der Waals surface area contributed by atoms with Gasteiger partial charge in [-0.25, -0.2) is 0 Å². The van der Waals surface area contributed by atoms with Crippen molar-refractivity contribution < 1.29 is 9.53 Å². The lowest BCUT2D eigenvalue weighted by Gasteiger charge is -2.34. The quantitative estimate of drug-likeness (QED) is 0.539. The molecule has 1 saturated heterocycles. The van der Waals surface area contributed by atoms with Crippen LogP contribution < -0.4 is 10.1 Å². The fourth-order valence-corrected chi connectivity index (χ4v) is 4.43. The van der Waals surface area contributed by atoms with Gasteiger partial charge >= 0.3 is 0 Å². The number of piperazine rings is 1. The maximum absolute atomic E-state index is 12.0. The van der Waals surface area contributed by atoms with Gasteiger partial charge in [-0.3, -0.25) is 19.6 Å². The predicted molar refractivity (Wildman–Crippen MR) is 128 cm³/mol. The van der Waals surface area contributed by atoms with Crippen molar-refractivity contribution in [1.29, 1.82) is 0 Å². The van der Waals surface area contributed by atoms with Crippen LogP contribution in [0.2, 0.25) is 0 Å². The highest BCUT2D eigenvalue weighted by molar-refractivity contribution is 7.12. The molecule has 0 unspecified atom stereocenters. The maximum Gasteiger partial charge on any atom is 0.261 e. The summed E-state index contributed by atoms with van der Waals surface area (Å²) in [6, 6.07) is 16.1. The van der Waals surface area contributed by atoms with Crippen LogP contribution in [0, 0.1) is 0 Å². The average molecular weight is 451 g/mol. The molecule has 2 aromatic heterocycles. The van der Waals surface area contributed by atoms with Crippen molar-refractivity contribution in [2.24, 2.45) is 0 Å². The molecule has 3 heterocycles. The van der Waals surface area contributed by atoms with E-state index in [1.807, 2.05) is 55.0 Å². The molecular formula is C25H30N4O2S. The Labute approximate surface area is 193 Å². The summed E-state index contributed by atoms with van der Waals surface area (Å²) in [5.41, 5.74) is 2.56. The minimum absolute atomic E-state index is 0.0497. The molecule has 32 heavy (non-hydrogen) atoms. The van der Waals surface area contributed by atoms with Crippen molar-refractivity contribution in [2.75, 3.05) is 32.7 Å². The molecule has 4 rings (SSSR count). The van der Waals surface area contributed by atoms with E-state index < -0.39 is 0 Å². The van der Waals surface area contributed by atoms with Gasteiger partial charge in [0.1, 0.15) is 11.9 Å². The van der Waals surface area contributed by atoms with Gasteiger partial charge in [0.25, 0.3) is 5.91 Å². The van der Waals surface area contributed by atoms with Crippen LogP contribution in [-0.2, 0) is 13.1 Å². The number of benzene rings is 1. The van der Waals surface area contributed by atoms with E-state index in [0.717, 1.165) is 49.9 Å². The first kappa shape index (κ1) is 22.5. The second-order valence-corrected chi connectivity index (χ2v) is 9.12. The molecule has 168 valence electrons. The van der Waals surface area contributed by atoms with Crippen LogP contribution in [0.25, 0.3) is 0 Å². The maximum atomic E-state index is 12.0. The molecule has 0 aliphatic carbocycles. The van der Waals surface area contributed by atoms with Crippen molar-refractivity contribution in [3.8, 4) is 5.75 Å². The van der Waals surface area contributed by atoms with E-state index in [1.54, 1.807) is 0 Å². The standard InChI is InChI=1S/C25H30N4O2S/c1-20(16-27-25(30)24-5-3-15-32-24)31-23-8-6-21(7-9-23)18-28-11-13-29(14-12-28)19-22-4-2-10-26-17-22/h2-10,15,17,20H,11-14,16,18-19H2,1H3,(H,27,30)/t20-/m0/s1. The molecule has 1 atom stereocenters. The summed E-state index contributed by atoms with van der Waals surface area (Å²) in [6.07, 6.45) is 3.68. The first-order valence-corrected chi connectivity index (χ1v) is 11.9. The molecule has 0 spiro atoms. The number of rotatable bonds is 9. The zero-order valence-electron chi connectivity index (χ0n) is 18.4. The Bertz CT molecular complexity index is 955. The predicted octanol–water partition coefficient (Wildman–Crippen LogP) is 3.66. The molecule has 0 radical (unpaired) electrons. The van der Waals surface area contributed by atoms with Crippen molar-refractivity contribution in [1.82, 2.24) is 20.1 Å². The van der Waals surface area contributed by atoms with Gasteiger partial charge in [-0.1, -0.05) is 24.3 Å². The van der Waals surface area contributed by atoms with E-state index in [4.69, 9.17) is 4.74 Å². The number of carbonyl (C=O) groups is 1. The number of hydrogen-bond donors (Lipinski definition) is 1. The van der Waals surface area contributed by atoms with Gasteiger partial charge in [0.15, 0.2) is 0 Å². The van der Waals surface area contributed by atoms with Crippen LogP contribution in [0.4, 0.5) is 0 Å². The molecule has 6 nitrogen and oxygen atoms in total. The topological polar surface area (TPSA) is 57.7 Å². The first-order valence-electron chi connectivity index (χ1n) is 11.1. The minimum Gasteiger partial charge on any atom is -0.489 e. The Morgan fingerprint density at radius 2 is 1.75 bits per heavy atom. The van der Waals surface area contributed by atoms with Crippen molar-refractivity contribution in [2.45, 2.75) is 26.1 Å². The monoisotopic (exact) mass is 450 g/mol. The molecule has 0 saturated carbocycles. The number of aromatic nitrogens is 1. The number of nitrogens with zero attached hydrogens (tertiary/aromatic N) is 3. The average Bonchev–Trinajstić information content (AvgIpc) is 3.36. The lowest BCUT2D eigenvalue weighted by molar-refractivity contribution is 0.0936. The molecule has 1 aromatic carbocycles. The highest BCUT2D eigenvalue weighted by atomic mass is 32.1. The summed E-state index contributed by atoms with van der Waals surface area (Å²) in [6.45, 7) is 8.65. The van der Waals surface area contributed by atoms with Crippen LogP contribution in [-0.4, -0.2) is 59.5 Å². The highest BCUT2D eigenvalue weighted by Gasteiger charge is 2.17. The fourth-order valence-electron chi connectivity index (χ4n) is 3.79. The Balaban J connectivity index is 1.17. The molecule has 1 N–H and O–H groups in total. The second kappa shape index (κ2) is 11.2. The van der Waals surface area contributed by atoms with Gasteiger partial charge in [0.2, 0.25) is 0 Å². The van der Waals surface area contributed by atoms with Gasteiger partial charge < -0.3 is 10.1 Å². The van der Waals surface area contributed by atoms with E-state index >= 15 is 0 Å². The normalized spacial score (nSPS) is 15.9. The first-order chi connectivity index (χ1) is 15.7. The third-order valence-electron chi connectivity index (χ3n) is 5.56. The van der Waals surface area contributed by atoms with Gasteiger partial charge in [-0.05, 0) is 47.7 Å². The molecule has 1 aliphatic heterocycles. The number of pyridine rings is 1. The zero-order valence-corrected chi connectivity index (χ0v) is 19.3. The van der Waals surface area contributed by atoms with Crippen molar-refractivity contribution in [3.63, 3.8) is 0 Å². The minimum atomic E-state index is -0.0994. The summed E-state index contributed by atoms with van der Waals surface area (Å²) >= 11 is 1.44. The number of nitrogens with one attached hydrogen (secondary N) is 1. The number of carbonyl (C=O) groups excluding carboxylic acids is 1. The van der Waals surface area contributed by atoms with Crippen molar-refractivity contribution in [3.05, 3.63) is 82.3 Å². The third kappa shape index (κ3) is 6.63. The van der Waals surface area contributed by atoms with E-state index in [9.17, 15) is 4.79 Å². The highest BCUT2D eigenvalue weighted by Crippen LogP contribution is 2.17. The number of amides is 1. The Hall–Kier alpha value is -2.74. The molecule has 3 aromatic rings. The number of hydrogen-bond acceptors (Lipinski definition) is 6. The lowest BCUT2D eigenvalue weighted by Crippen LogP contribution is -2.45. The molecule has 7 heteroatoms. The number of thiophene rings is 1. The van der Waals surface area contributed by atoms with E-state index in [-0.39, 0.29) is 12.0 Å². The smallest absolute Gasteiger partial charge is 0.261 e. The second-order valence-electron chi connectivity index (χ2n) is 8.17. The molecular weight excluding hydrogens is 420 g/mol. The van der Waals surface area contributed by atoms with E-state index in [2.05, 4.69) is 38.3 Å². The fraction of sp³-hybridized carbons (Fsp3) is 0.360. The van der Waals surface area contributed by atoms with Crippen LogP contribution in [0.1, 0.15) is 27.7 Å². The molecule has 1 amide bonds. The van der Waals surface area contributed by atoms with Gasteiger partial charge in [-0.2, -0.15) is 0 Å². The van der Waals surface area contributed by atoms with Crippen LogP contribution in [0.5, 0.6) is 5.75 Å². The summed E-state index contributed by atoms with van der Waals surface area (Å²) in [4.78, 5) is 22.0. The van der Waals surface area contributed by atoms with E-state index in [1.165, 1.54) is 22.5 Å². The Morgan fingerprint density at radius 3 is 2.38 bits per heavy atom. The van der Waals surface area contributed by atoms with E-state index in [0.29, 0.717) is 6.54 Å². The molecule has 0 bridgehead atoms. The molecule has 1 fully saturated rings. The third-order valence-corrected chi connectivity index (χ3v) is 6.42. The van der Waals surface area contributed by atoms with Crippen LogP contribution in [0.3, 0.4) is 0 Å².